The predicted molar refractivity (Wildman–Crippen MR) is 199 cm³/mol. The van der Waals surface area contributed by atoms with Crippen LogP contribution in [-0.2, 0) is 63.4 Å². The first-order valence-electron chi connectivity index (χ1n) is 19.0. The average molecular weight is 879 g/mol. The summed E-state index contributed by atoms with van der Waals surface area (Å²) in [5.74, 6) is -4.19. The molecule has 0 spiro atoms. The number of benzene rings is 4. The number of ether oxygens (including phenoxy) is 10. The van der Waals surface area contributed by atoms with Crippen LogP contribution < -0.4 is 4.74 Å². The van der Waals surface area contributed by atoms with Gasteiger partial charge in [0.25, 0.3) is 11.2 Å². The molecule has 3 aliphatic heterocycles. The molecule has 0 radical (unpaired) electrons. The molecular weight excluding hydrogens is 838 g/mol. The lowest BCUT2D eigenvalue weighted by molar-refractivity contribution is -0.404. The van der Waals surface area contributed by atoms with Gasteiger partial charge in [0.15, 0.2) is 30.2 Å². The molecule has 3 saturated heterocycles. The van der Waals surface area contributed by atoms with E-state index < -0.39 is 102 Å². The Morgan fingerprint density at radius 2 is 1.24 bits per heavy atom. The summed E-state index contributed by atoms with van der Waals surface area (Å²) in [7, 11) is 2.63. The van der Waals surface area contributed by atoms with Crippen LogP contribution in [0.5, 0.6) is 11.5 Å². The summed E-state index contributed by atoms with van der Waals surface area (Å²) in [5, 5.41) is 10.4. The molecule has 7 rings (SSSR count). The van der Waals surface area contributed by atoms with Crippen molar-refractivity contribution in [2.75, 3.05) is 34.5 Å². The van der Waals surface area contributed by atoms with Crippen LogP contribution >= 0.6 is 0 Å². The van der Waals surface area contributed by atoms with Crippen LogP contribution in [0.3, 0.4) is 0 Å². The highest BCUT2D eigenvalue weighted by Crippen LogP contribution is 2.48. The topological polar surface area (TPSA) is 147 Å². The second-order valence-corrected chi connectivity index (χ2v) is 14.3. The number of fused-ring (bicyclic) bond motifs is 2. The maximum Gasteiger partial charge on any atom is 0.432 e. The first-order valence-corrected chi connectivity index (χ1v) is 19.0. The Kier molecular flexibility index (Phi) is 12.9. The summed E-state index contributed by atoms with van der Waals surface area (Å²) in [6, 6.07) is 24.4. The maximum atomic E-state index is 15.2. The molecule has 0 saturated carbocycles. The molecule has 19 heteroatoms. The molecule has 3 heterocycles. The van der Waals surface area contributed by atoms with Crippen molar-refractivity contribution in [3.8, 4) is 11.5 Å². The van der Waals surface area contributed by atoms with E-state index in [0.717, 1.165) is 24.3 Å². The summed E-state index contributed by atoms with van der Waals surface area (Å²) in [4.78, 5) is 27.9. The molecule has 4 aromatic rings. The summed E-state index contributed by atoms with van der Waals surface area (Å²) in [5.41, 5.74) is -7.82. The number of carbonyl (C=O) groups is 2. The molecule has 1 N–H and O–H groups in total. The molecule has 332 valence electrons. The maximum absolute atomic E-state index is 15.2. The minimum absolute atomic E-state index is 0.0946. The number of carbonyl (C=O) groups excluding carboxylic acids is 2. The van der Waals surface area contributed by atoms with Gasteiger partial charge in [0.05, 0.1) is 13.7 Å². The molecule has 13 nitrogen and oxygen atoms in total. The number of halogens is 6. The Labute approximate surface area is 350 Å². The van der Waals surface area contributed by atoms with Gasteiger partial charge in [-0.2, -0.15) is 26.3 Å². The predicted octanol–water partition coefficient (Wildman–Crippen LogP) is 6.73. The van der Waals surface area contributed by atoms with Crippen LogP contribution in [-0.4, -0.2) is 101 Å². The smallest absolute Gasteiger partial charge is 0.432 e. The van der Waals surface area contributed by atoms with Gasteiger partial charge in [-0.1, -0.05) is 97.1 Å². The number of alkyl halides is 6. The van der Waals surface area contributed by atoms with E-state index in [1.807, 2.05) is 0 Å². The zero-order chi connectivity index (χ0) is 44.5. The van der Waals surface area contributed by atoms with Gasteiger partial charge in [-0.15, -0.1) is 0 Å². The first kappa shape index (κ1) is 44.8. The fraction of sp³-hybridized carbons (Fsp3) is 0.395. The minimum Gasteiger partial charge on any atom is -0.504 e. The number of phenols is 1. The van der Waals surface area contributed by atoms with Crippen LogP contribution in [0.15, 0.2) is 109 Å². The lowest BCUT2D eigenvalue weighted by atomic mass is 9.91. The SMILES string of the molecule is COc1cc([C@@H]2O[C@H]3[C@H](O[C@H]2COC(=O)[C@@](OC)(c2ccccc2)C(F)(F)F)O[C@@H]2CO[C@@H](c4ccccc4)O[C@H]2[C@@H]3OC(=O)[C@@](OC)(c2ccccc2)C(F)(F)F)ccc1O. The van der Waals surface area contributed by atoms with Crippen LogP contribution in [0, 0.1) is 0 Å². The average Bonchev–Trinajstić information content (AvgIpc) is 3.26. The van der Waals surface area contributed by atoms with Gasteiger partial charge in [-0.3, -0.25) is 0 Å². The van der Waals surface area contributed by atoms with Crippen molar-refractivity contribution in [3.05, 3.63) is 131 Å². The molecule has 62 heavy (non-hydrogen) atoms. The quantitative estimate of drug-likeness (QED) is 0.119. The molecule has 10 atom stereocenters. The highest BCUT2D eigenvalue weighted by atomic mass is 19.4. The molecule has 3 fully saturated rings. The van der Waals surface area contributed by atoms with Crippen LogP contribution in [0.25, 0.3) is 0 Å². The number of aromatic hydroxyl groups is 1. The van der Waals surface area contributed by atoms with Crippen molar-refractivity contribution in [2.45, 2.75) is 72.8 Å². The van der Waals surface area contributed by atoms with Gasteiger partial charge in [-0.05, 0) is 17.7 Å². The Bertz CT molecular complexity index is 2160. The molecular formula is C43H40F6O13. The van der Waals surface area contributed by atoms with E-state index in [-0.39, 0.29) is 23.7 Å². The lowest BCUT2D eigenvalue weighted by Crippen LogP contribution is -2.68. The van der Waals surface area contributed by atoms with Gasteiger partial charge < -0.3 is 52.5 Å². The largest absolute Gasteiger partial charge is 0.504 e. The van der Waals surface area contributed by atoms with Gasteiger partial charge >= 0.3 is 24.3 Å². The summed E-state index contributed by atoms with van der Waals surface area (Å²) >= 11 is 0. The highest BCUT2D eigenvalue weighted by Gasteiger charge is 2.67. The Morgan fingerprint density at radius 3 is 1.79 bits per heavy atom. The Balaban J connectivity index is 1.28. The minimum atomic E-state index is -5.38. The zero-order valence-corrected chi connectivity index (χ0v) is 33.0. The third-order valence-corrected chi connectivity index (χ3v) is 10.8. The Morgan fingerprint density at radius 1 is 0.677 bits per heavy atom. The van der Waals surface area contributed by atoms with Gasteiger partial charge in [0, 0.05) is 30.9 Å². The fourth-order valence-electron chi connectivity index (χ4n) is 7.75. The van der Waals surface area contributed by atoms with E-state index >= 15 is 13.2 Å². The van der Waals surface area contributed by atoms with Crippen molar-refractivity contribution in [1.29, 1.82) is 0 Å². The standard InChI is InChI=1S/C43H40F6O13/c1-53-29-21-25(19-20-28(29)50)32-30(23-57-38(51)40(54-2,42(44,45)46)26-15-9-5-10-16-26)58-37-35(60-32)34(33-31(59-37)22-56-36(61-33)24-13-7-4-8-14-24)62-39(52)41(55-3,43(47,48)49)27-17-11-6-12-18-27/h4-21,30-37,50H,22-23H2,1-3H3/t30-,31+,32-,33+,34-,35+,36+,37+,40-,41-/m0/s1. The third kappa shape index (κ3) is 8.09. The molecule has 0 bridgehead atoms. The van der Waals surface area contributed by atoms with Gasteiger partial charge in [0.2, 0.25) is 0 Å². The molecule has 0 aromatic heterocycles. The second kappa shape index (κ2) is 17.8. The van der Waals surface area contributed by atoms with E-state index in [0.29, 0.717) is 19.8 Å². The molecule has 0 amide bonds. The van der Waals surface area contributed by atoms with E-state index in [1.165, 1.54) is 61.7 Å². The summed E-state index contributed by atoms with van der Waals surface area (Å²) in [6.45, 7) is -1.24. The van der Waals surface area contributed by atoms with Crippen LogP contribution in [0.4, 0.5) is 26.3 Å². The van der Waals surface area contributed by atoms with E-state index in [9.17, 15) is 27.9 Å². The van der Waals surface area contributed by atoms with Gasteiger partial charge in [0.1, 0.15) is 37.1 Å². The summed E-state index contributed by atoms with van der Waals surface area (Å²) in [6.07, 6.45) is -22.6. The Hall–Kier alpha value is -5.28. The number of methoxy groups -OCH3 is 3. The number of esters is 2. The number of hydrogen-bond acceptors (Lipinski definition) is 13. The van der Waals surface area contributed by atoms with Crippen molar-refractivity contribution in [2.24, 2.45) is 0 Å². The lowest BCUT2D eigenvalue weighted by Gasteiger charge is -2.52. The van der Waals surface area contributed by atoms with Crippen molar-refractivity contribution >= 4 is 11.9 Å². The van der Waals surface area contributed by atoms with E-state index in [2.05, 4.69) is 0 Å². The zero-order valence-electron chi connectivity index (χ0n) is 33.0. The fourth-order valence-corrected chi connectivity index (χ4v) is 7.75. The third-order valence-electron chi connectivity index (χ3n) is 10.8. The van der Waals surface area contributed by atoms with Crippen molar-refractivity contribution < 1.29 is 88.4 Å². The molecule has 0 aliphatic carbocycles. The summed E-state index contributed by atoms with van der Waals surface area (Å²) < 4.78 is 147. The van der Waals surface area contributed by atoms with Crippen molar-refractivity contribution in [3.63, 3.8) is 0 Å². The second-order valence-electron chi connectivity index (χ2n) is 14.3. The number of rotatable bonds is 12. The van der Waals surface area contributed by atoms with Gasteiger partial charge in [-0.25, -0.2) is 9.59 Å². The highest BCUT2D eigenvalue weighted by molar-refractivity contribution is 5.83. The van der Waals surface area contributed by atoms with Crippen LogP contribution in [0.1, 0.15) is 34.6 Å². The first-order chi connectivity index (χ1) is 29.6. The van der Waals surface area contributed by atoms with Crippen LogP contribution in [0.2, 0.25) is 0 Å². The molecule has 4 aromatic carbocycles. The molecule has 0 unspecified atom stereocenters. The van der Waals surface area contributed by atoms with E-state index in [4.69, 9.17) is 47.4 Å². The monoisotopic (exact) mass is 878 g/mol. The number of phenolic OH excluding ortho intramolecular Hbond substituents is 1. The van der Waals surface area contributed by atoms with Crippen molar-refractivity contribution in [1.82, 2.24) is 0 Å². The van der Waals surface area contributed by atoms with E-state index in [1.54, 1.807) is 30.3 Å². The molecule has 3 aliphatic rings. The number of hydrogen-bond donors (Lipinski definition) is 1. The normalized spacial score (nSPS) is 27.0.